The molecule has 0 unspecified atom stereocenters. The van der Waals surface area contributed by atoms with Gasteiger partial charge in [-0.25, -0.2) is 4.79 Å². The van der Waals surface area contributed by atoms with Gasteiger partial charge in [0.1, 0.15) is 6.10 Å². The molecule has 0 N–H and O–H groups in total. The van der Waals surface area contributed by atoms with Gasteiger partial charge in [0.15, 0.2) is 5.82 Å². The lowest BCUT2D eigenvalue weighted by Gasteiger charge is -2.32. The van der Waals surface area contributed by atoms with Gasteiger partial charge in [-0.1, -0.05) is 5.16 Å². The van der Waals surface area contributed by atoms with Crippen LogP contribution in [0.15, 0.2) is 4.52 Å². The van der Waals surface area contributed by atoms with Crippen molar-refractivity contribution in [3.63, 3.8) is 0 Å². The zero-order chi connectivity index (χ0) is 14.7. The van der Waals surface area contributed by atoms with Crippen LogP contribution in [0.3, 0.4) is 0 Å². The van der Waals surface area contributed by atoms with Gasteiger partial charge in [0.05, 0.1) is 0 Å². The van der Waals surface area contributed by atoms with Crippen LogP contribution in [0.4, 0.5) is 4.79 Å². The first-order valence-electron chi connectivity index (χ1n) is 6.85. The average Bonchev–Trinajstić information content (AvgIpc) is 2.95. The zero-order valence-corrected chi connectivity index (χ0v) is 12.5. The van der Waals surface area contributed by atoms with Crippen molar-refractivity contribution in [2.45, 2.75) is 31.8 Å². The largest absolute Gasteiger partial charge is 0.374 e. The Morgan fingerprint density at radius 2 is 2.10 bits per heavy atom. The maximum absolute atomic E-state index is 11.9. The monoisotopic (exact) mass is 282 g/mol. The van der Waals surface area contributed by atoms with Gasteiger partial charge in [0.25, 0.3) is 0 Å². The van der Waals surface area contributed by atoms with Crippen molar-refractivity contribution >= 4 is 6.03 Å². The number of piperidine rings is 1. The van der Waals surface area contributed by atoms with Crippen LogP contribution in [0.5, 0.6) is 0 Å². The van der Waals surface area contributed by atoms with Gasteiger partial charge < -0.3 is 19.1 Å². The summed E-state index contributed by atoms with van der Waals surface area (Å²) in [5.41, 5.74) is 0. The number of hydrogen-bond donors (Lipinski definition) is 0. The maximum atomic E-state index is 11.9. The Balaban J connectivity index is 1.94. The van der Waals surface area contributed by atoms with Gasteiger partial charge in [-0.3, -0.25) is 0 Å². The van der Waals surface area contributed by atoms with E-state index >= 15 is 0 Å². The normalized spacial score (nSPS) is 18.1. The number of rotatable bonds is 3. The fraction of sp³-hybridized carbons (Fsp3) is 0.769. The molecule has 1 aromatic heterocycles. The summed E-state index contributed by atoms with van der Waals surface area (Å²) in [6.07, 6.45) is 1.54. The number of aromatic nitrogens is 2. The number of hydrogen-bond acceptors (Lipinski definition) is 5. The highest BCUT2D eigenvalue weighted by Crippen LogP contribution is 2.28. The second kappa shape index (κ2) is 6.21. The SMILES string of the molecule is CO[C@H](C)c1noc(C2CCN(C(=O)N(C)C)CC2)n1. The Bertz CT molecular complexity index is 452. The number of carbonyl (C=O) groups excluding carboxylic acids is 1. The van der Waals surface area contributed by atoms with E-state index in [9.17, 15) is 4.79 Å². The number of amides is 2. The van der Waals surface area contributed by atoms with Crippen LogP contribution >= 0.6 is 0 Å². The topological polar surface area (TPSA) is 71.7 Å². The molecule has 1 aliphatic heterocycles. The van der Waals surface area contributed by atoms with Gasteiger partial charge in [-0.15, -0.1) is 0 Å². The summed E-state index contributed by atoms with van der Waals surface area (Å²) in [5, 5.41) is 3.94. The van der Waals surface area contributed by atoms with Crippen molar-refractivity contribution in [2.75, 3.05) is 34.3 Å². The van der Waals surface area contributed by atoms with Crippen LogP contribution in [-0.2, 0) is 4.74 Å². The first-order valence-corrected chi connectivity index (χ1v) is 6.85. The third-order valence-corrected chi connectivity index (χ3v) is 3.67. The van der Waals surface area contributed by atoms with Crippen molar-refractivity contribution in [3.05, 3.63) is 11.7 Å². The summed E-state index contributed by atoms with van der Waals surface area (Å²) in [5.74, 6) is 1.46. The van der Waals surface area contributed by atoms with E-state index in [2.05, 4.69) is 10.1 Å². The van der Waals surface area contributed by atoms with Gasteiger partial charge in [0, 0.05) is 40.2 Å². The van der Waals surface area contributed by atoms with Crippen LogP contribution in [0.1, 0.15) is 43.5 Å². The smallest absolute Gasteiger partial charge is 0.319 e. The summed E-state index contributed by atoms with van der Waals surface area (Å²) in [6.45, 7) is 3.32. The second-order valence-electron chi connectivity index (χ2n) is 5.31. The molecule has 112 valence electrons. The molecule has 2 heterocycles. The van der Waals surface area contributed by atoms with Crippen LogP contribution in [0.25, 0.3) is 0 Å². The molecule has 1 aromatic rings. The molecule has 0 bridgehead atoms. The summed E-state index contributed by atoms with van der Waals surface area (Å²) in [4.78, 5) is 19.7. The Morgan fingerprint density at radius 3 is 2.65 bits per heavy atom. The lowest BCUT2D eigenvalue weighted by molar-refractivity contribution is 0.109. The van der Waals surface area contributed by atoms with Crippen molar-refractivity contribution in [1.82, 2.24) is 19.9 Å². The minimum absolute atomic E-state index is 0.0580. The third-order valence-electron chi connectivity index (χ3n) is 3.67. The van der Waals surface area contributed by atoms with Crippen LogP contribution < -0.4 is 0 Å². The van der Waals surface area contributed by atoms with Gasteiger partial charge in [-0.2, -0.15) is 4.98 Å². The fourth-order valence-corrected chi connectivity index (χ4v) is 2.28. The molecule has 0 aliphatic carbocycles. The van der Waals surface area contributed by atoms with Crippen molar-refractivity contribution in [2.24, 2.45) is 0 Å². The molecule has 0 saturated carbocycles. The highest BCUT2D eigenvalue weighted by molar-refractivity contribution is 5.73. The van der Waals surface area contributed by atoms with Crippen molar-refractivity contribution in [3.8, 4) is 0 Å². The van der Waals surface area contributed by atoms with E-state index in [1.807, 2.05) is 11.8 Å². The fourth-order valence-electron chi connectivity index (χ4n) is 2.28. The van der Waals surface area contributed by atoms with Gasteiger partial charge in [-0.05, 0) is 19.8 Å². The molecule has 0 radical (unpaired) electrons. The lowest BCUT2D eigenvalue weighted by atomic mass is 9.97. The number of likely N-dealkylation sites (tertiary alicyclic amines) is 1. The minimum Gasteiger partial charge on any atom is -0.374 e. The molecule has 0 aromatic carbocycles. The Labute approximate surface area is 118 Å². The highest BCUT2D eigenvalue weighted by atomic mass is 16.5. The van der Waals surface area contributed by atoms with Gasteiger partial charge in [0.2, 0.25) is 5.89 Å². The number of ether oxygens (including phenoxy) is 1. The quantitative estimate of drug-likeness (QED) is 0.842. The highest BCUT2D eigenvalue weighted by Gasteiger charge is 2.28. The molecule has 0 spiro atoms. The summed E-state index contributed by atoms with van der Waals surface area (Å²) in [6, 6.07) is 0.0580. The number of methoxy groups -OCH3 is 1. The average molecular weight is 282 g/mol. The Morgan fingerprint density at radius 1 is 1.45 bits per heavy atom. The summed E-state index contributed by atoms with van der Waals surface area (Å²) < 4.78 is 10.5. The predicted molar refractivity (Wildman–Crippen MR) is 72.4 cm³/mol. The van der Waals surface area contributed by atoms with Crippen LogP contribution in [0, 0.1) is 0 Å². The molecule has 7 nitrogen and oxygen atoms in total. The molecule has 2 rings (SSSR count). The third kappa shape index (κ3) is 3.09. The molecule has 1 atom stereocenters. The van der Waals surface area contributed by atoms with Crippen LogP contribution in [0.2, 0.25) is 0 Å². The molecule has 7 heteroatoms. The standard InChI is InChI=1S/C13H22N4O3/c1-9(19-4)11-14-12(20-15-11)10-5-7-17(8-6-10)13(18)16(2)3/h9-10H,5-8H2,1-4H3/t9-/m1/s1. The molecule has 2 amide bonds. The molecule has 1 saturated heterocycles. The van der Waals surface area contributed by atoms with E-state index in [-0.39, 0.29) is 18.1 Å². The Kier molecular flexibility index (Phi) is 4.59. The van der Waals surface area contributed by atoms with Gasteiger partial charge >= 0.3 is 6.03 Å². The lowest BCUT2D eigenvalue weighted by Crippen LogP contribution is -2.43. The molecule has 20 heavy (non-hydrogen) atoms. The van der Waals surface area contributed by atoms with Crippen LogP contribution in [-0.4, -0.2) is 60.3 Å². The Hall–Kier alpha value is -1.63. The zero-order valence-electron chi connectivity index (χ0n) is 12.5. The first-order chi connectivity index (χ1) is 9.52. The van der Waals surface area contributed by atoms with E-state index in [1.54, 1.807) is 26.1 Å². The summed E-state index contributed by atoms with van der Waals surface area (Å²) in [7, 11) is 5.15. The first kappa shape index (κ1) is 14.8. The van der Waals surface area contributed by atoms with E-state index in [4.69, 9.17) is 9.26 Å². The van der Waals surface area contributed by atoms with E-state index < -0.39 is 0 Å². The number of urea groups is 1. The van der Waals surface area contributed by atoms with Crippen molar-refractivity contribution in [1.29, 1.82) is 0 Å². The molecule has 1 aliphatic rings. The summed E-state index contributed by atoms with van der Waals surface area (Å²) >= 11 is 0. The second-order valence-corrected chi connectivity index (χ2v) is 5.31. The number of nitrogens with zero attached hydrogens (tertiary/aromatic N) is 4. The molecule has 1 fully saturated rings. The molecular formula is C13H22N4O3. The number of carbonyl (C=O) groups is 1. The van der Waals surface area contributed by atoms with E-state index in [0.29, 0.717) is 11.7 Å². The van der Waals surface area contributed by atoms with Crippen molar-refractivity contribution < 1.29 is 14.1 Å². The van der Waals surface area contributed by atoms with E-state index in [0.717, 1.165) is 25.9 Å². The van der Waals surface area contributed by atoms with E-state index in [1.165, 1.54) is 0 Å². The predicted octanol–water partition coefficient (Wildman–Crippen LogP) is 1.64. The molecular weight excluding hydrogens is 260 g/mol. The minimum atomic E-state index is -0.164. The maximum Gasteiger partial charge on any atom is 0.319 e.